The van der Waals surface area contributed by atoms with Crippen molar-refractivity contribution in [2.24, 2.45) is 0 Å². The van der Waals surface area contributed by atoms with E-state index in [1.807, 2.05) is 0 Å². The van der Waals surface area contributed by atoms with Crippen LogP contribution in [0.5, 0.6) is 0 Å². The number of anilines is 1. The highest BCUT2D eigenvalue weighted by Crippen LogP contribution is 2.37. The Hall–Kier alpha value is -2.40. The average Bonchev–Trinajstić information content (AvgIpc) is 2.48. The van der Waals surface area contributed by atoms with Crippen LogP contribution in [0.15, 0.2) is 29.1 Å². The molecule has 0 radical (unpaired) electrons. The van der Waals surface area contributed by atoms with Crippen LogP contribution in [0.25, 0.3) is 10.9 Å². The van der Waals surface area contributed by atoms with Crippen LogP contribution in [0, 0.1) is 0 Å². The minimum absolute atomic E-state index is 0.0926. The lowest BCUT2D eigenvalue weighted by Gasteiger charge is -2.33. The third-order valence-electron chi connectivity index (χ3n) is 3.75. The van der Waals surface area contributed by atoms with Gasteiger partial charge in [0.2, 0.25) is 5.56 Å². The third kappa shape index (κ3) is 4.86. The van der Waals surface area contributed by atoms with Crippen molar-refractivity contribution in [2.45, 2.75) is 31.5 Å². The molecule has 0 bridgehead atoms. The van der Waals surface area contributed by atoms with E-state index in [4.69, 9.17) is 0 Å². The minimum atomic E-state index is -5.06. The molecule has 0 aliphatic heterocycles. The molecule has 2 rings (SSSR count). The summed E-state index contributed by atoms with van der Waals surface area (Å²) in [4.78, 5) is 13.3. The number of halogens is 9. The first-order valence-electron chi connectivity index (χ1n) is 7.24. The van der Waals surface area contributed by atoms with Crippen molar-refractivity contribution in [1.29, 1.82) is 0 Å². The van der Waals surface area contributed by atoms with Gasteiger partial charge in [-0.1, -0.05) is 0 Å². The van der Waals surface area contributed by atoms with Gasteiger partial charge in [-0.05, 0) is 25.1 Å². The van der Waals surface area contributed by atoms with E-state index in [0.717, 1.165) is 12.1 Å². The molecule has 0 amide bonds. The van der Waals surface area contributed by atoms with Gasteiger partial charge in [-0.3, -0.25) is 4.79 Å². The van der Waals surface area contributed by atoms with E-state index >= 15 is 0 Å². The summed E-state index contributed by atoms with van der Waals surface area (Å²) in [5.74, 6) is 0. The molecule has 1 heterocycles. The van der Waals surface area contributed by atoms with Gasteiger partial charge in [-0.25, -0.2) is 0 Å². The summed E-state index contributed by atoms with van der Waals surface area (Å²) < 4.78 is 116. The van der Waals surface area contributed by atoms with E-state index in [2.05, 4.69) is 4.98 Å². The van der Waals surface area contributed by atoms with E-state index in [-0.39, 0.29) is 16.5 Å². The van der Waals surface area contributed by atoms with Crippen LogP contribution in [0.1, 0.15) is 12.5 Å². The van der Waals surface area contributed by atoms with Gasteiger partial charge in [-0.2, -0.15) is 39.5 Å². The van der Waals surface area contributed by atoms with Crippen LogP contribution < -0.4 is 10.5 Å². The minimum Gasteiger partial charge on any atom is -0.351 e. The Labute approximate surface area is 145 Å². The molecule has 3 nitrogen and oxygen atoms in total. The van der Waals surface area contributed by atoms with Gasteiger partial charge in [-0.15, -0.1) is 0 Å². The van der Waals surface area contributed by atoms with Crippen molar-refractivity contribution in [3.8, 4) is 0 Å². The Bertz CT molecular complexity index is 880. The summed E-state index contributed by atoms with van der Waals surface area (Å²) in [6, 6.07) is -0.274. The lowest BCUT2D eigenvalue weighted by Crippen LogP contribution is -2.48. The van der Waals surface area contributed by atoms with Gasteiger partial charge >= 0.3 is 18.5 Å². The number of alkyl halides is 9. The number of benzene rings is 1. The van der Waals surface area contributed by atoms with Gasteiger partial charge in [0.25, 0.3) is 0 Å². The molecular weight excluding hydrogens is 395 g/mol. The zero-order valence-electron chi connectivity index (χ0n) is 13.4. The predicted octanol–water partition coefficient (Wildman–Crippen LogP) is 4.87. The zero-order valence-corrected chi connectivity index (χ0v) is 13.4. The quantitative estimate of drug-likeness (QED) is 0.739. The van der Waals surface area contributed by atoms with Crippen LogP contribution in [0.3, 0.4) is 0 Å². The lowest BCUT2D eigenvalue weighted by atomic mass is 10.1. The average molecular weight is 406 g/mol. The summed E-state index contributed by atoms with van der Waals surface area (Å²) >= 11 is 0. The second-order valence-corrected chi connectivity index (χ2v) is 5.74. The van der Waals surface area contributed by atoms with Crippen LogP contribution in [-0.2, 0) is 6.18 Å². The number of hydrogen-bond donors (Lipinski definition) is 1. The van der Waals surface area contributed by atoms with E-state index in [0.29, 0.717) is 13.0 Å². The fourth-order valence-electron chi connectivity index (χ4n) is 2.48. The normalized spacial score (nSPS) is 14.4. The number of pyridine rings is 1. The molecule has 0 saturated heterocycles. The molecule has 0 spiro atoms. The van der Waals surface area contributed by atoms with Crippen LogP contribution >= 0.6 is 0 Å². The number of hydrogen-bond acceptors (Lipinski definition) is 2. The van der Waals surface area contributed by atoms with Crippen molar-refractivity contribution >= 4 is 16.6 Å². The molecule has 0 fully saturated rings. The topological polar surface area (TPSA) is 36.1 Å². The number of aromatic amines is 1. The fraction of sp³-hybridized carbons (Fsp3) is 0.400. The first-order valence-corrected chi connectivity index (χ1v) is 7.24. The van der Waals surface area contributed by atoms with Gasteiger partial charge in [0, 0.05) is 22.7 Å². The molecule has 1 N–H and O–H groups in total. The van der Waals surface area contributed by atoms with Crippen molar-refractivity contribution in [1.82, 2.24) is 4.98 Å². The molecule has 2 aromatic rings. The summed E-state index contributed by atoms with van der Waals surface area (Å²) in [5.41, 5.74) is -3.67. The maximum atomic E-state index is 13.1. The Balaban J connectivity index is 2.69. The van der Waals surface area contributed by atoms with E-state index < -0.39 is 53.3 Å². The van der Waals surface area contributed by atoms with Gasteiger partial charge < -0.3 is 9.88 Å². The molecule has 1 aromatic carbocycles. The van der Waals surface area contributed by atoms with Crippen LogP contribution in [-0.4, -0.2) is 29.9 Å². The van der Waals surface area contributed by atoms with E-state index in [1.165, 1.54) is 0 Å². The summed E-state index contributed by atoms with van der Waals surface area (Å²) in [6.07, 6.45) is -15.1. The van der Waals surface area contributed by atoms with Crippen LogP contribution in [0.2, 0.25) is 0 Å². The molecule has 12 heteroatoms. The number of nitrogens with one attached hydrogen (secondary N) is 1. The maximum absolute atomic E-state index is 13.1. The Morgan fingerprint density at radius 1 is 1.00 bits per heavy atom. The van der Waals surface area contributed by atoms with Crippen molar-refractivity contribution in [3.63, 3.8) is 0 Å². The molecular formula is C15H11F9N2O. The van der Waals surface area contributed by atoms with Crippen LogP contribution in [0.4, 0.5) is 45.2 Å². The monoisotopic (exact) mass is 406 g/mol. The standard InChI is InChI=1S/C15H11F9N2O/c1-7(14(19,20)21)26(6-13(16,17)18)8-2-3-11-9(4-8)10(15(22,23)24)5-12(27)25-11/h2-5,7H,6H2,1H3,(H,25,27)/t7-/m0/s1. The van der Waals surface area contributed by atoms with Crippen molar-refractivity contribution < 1.29 is 39.5 Å². The Morgan fingerprint density at radius 3 is 2.07 bits per heavy atom. The largest absolute Gasteiger partial charge is 0.417 e. The first-order chi connectivity index (χ1) is 12.1. The maximum Gasteiger partial charge on any atom is 0.417 e. The molecule has 27 heavy (non-hydrogen) atoms. The van der Waals surface area contributed by atoms with E-state index in [9.17, 15) is 44.3 Å². The molecule has 0 aliphatic carbocycles. The highest BCUT2D eigenvalue weighted by Gasteiger charge is 2.44. The highest BCUT2D eigenvalue weighted by molar-refractivity contribution is 5.86. The van der Waals surface area contributed by atoms with Crippen molar-refractivity contribution in [2.75, 3.05) is 11.4 Å². The molecule has 0 unspecified atom stereocenters. The van der Waals surface area contributed by atoms with Gasteiger partial charge in [0.05, 0.1) is 5.56 Å². The number of H-pyrrole nitrogens is 1. The summed E-state index contributed by atoms with van der Waals surface area (Å²) in [5, 5.41) is -0.721. The fourth-order valence-corrected chi connectivity index (χ4v) is 2.48. The molecule has 1 atom stereocenters. The number of aromatic nitrogens is 1. The first kappa shape index (κ1) is 20.9. The third-order valence-corrected chi connectivity index (χ3v) is 3.75. The molecule has 0 saturated carbocycles. The molecule has 1 aromatic heterocycles. The second kappa shape index (κ2) is 6.64. The van der Waals surface area contributed by atoms with E-state index in [1.54, 1.807) is 0 Å². The summed E-state index contributed by atoms with van der Waals surface area (Å²) in [6.45, 7) is -1.56. The van der Waals surface area contributed by atoms with Crippen molar-refractivity contribution in [3.05, 3.63) is 40.2 Å². The highest BCUT2D eigenvalue weighted by atomic mass is 19.4. The Morgan fingerprint density at radius 2 is 1.59 bits per heavy atom. The predicted molar refractivity (Wildman–Crippen MR) is 78.5 cm³/mol. The Kier molecular flexibility index (Phi) is 5.14. The number of nitrogens with zero attached hydrogens (tertiary/aromatic N) is 1. The number of fused-ring (bicyclic) bond motifs is 1. The SMILES string of the molecule is C[C@H](N(CC(F)(F)F)c1ccc2[nH]c(=O)cc(C(F)(F)F)c2c1)C(F)(F)F. The smallest absolute Gasteiger partial charge is 0.351 e. The summed E-state index contributed by atoms with van der Waals surface area (Å²) in [7, 11) is 0. The molecule has 150 valence electrons. The molecule has 0 aliphatic rings. The van der Waals surface area contributed by atoms with Gasteiger partial charge in [0.1, 0.15) is 12.6 Å². The zero-order chi connectivity index (χ0) is 20.8. The number of rotatable bonds is 3. The second-order valence-electron chi connectivity index (χ2n) is 5.74. The lowest BCUT2D eigenvalue weighted by molar-refractivity contribution is -0.156. The van der Waals surface area contributed by atoms with Gasteiger partial charge in [0.15, 0.2) is 0 Å².